The van der Waals surface area contributed by atoms with Crippen LogP contribution >= 0.6 is 0 Å². The number of nitrogens with one attached hydrogen (secondary N) is 1. The van der Waals surface area contributed by atoms with Crippen molar-refractivity contribution in [2.75, 3.05) is 6.54 Å². The first-order valence-electron chi connectivity index (χ1n) is 9.11. The van der Waals surface area contributed by atoms with Gasteiger partial charge in [-0.15, -0.1) is 0 Å². The molecule has 0 saturated carbocycles. The van der Waals surface area contributed by atoms with E-state index in [1.54, 1.807) is 17.0 Å². The number of nitrogens with zero attached hydrogens (tertiary/aromatic N) is 3. The van der Waals surface area contributed by atoms with Crippen molar-refractivity contribution in [2.24, 2.45) is 5.92 Å². The number of rotatable bonds is 4. The van der Waals surface area contributed by atoms with E-state index in [-0.39, 0.29) is 36.1 Å². The Morgan fingerprint density at radius 2 is 2.04 bits per heavy atom. The molecule has 2 aliphatic heterocycles. The van der Waals surface area contributed by atoms with E-state index < -0.39 is 0 Å². The molecule has 27 heavy (non-hydrogen) atoms. The molecule has 2 aromatic rings. The van der Waals surface area contributed by atoms with Gasteiger partial charge in [-0.1, -0.05) is 17.3 Å². The Hall–Kier alpha value is -3.03. The van der Waals surface area contributed by atoms with Gasteiger partial charge < -0.3 is 9.42 Å². The first-order valence-corrected chi connectivity index (χ1v) is 9.11. The standard InChI is InChI=1S/C19H20N4O4/c24-16-10-14(18(25)21-16)9-12-4-6-13(7-5-12)19(26)23-8-2-1-3-15(23)17-20-11-27-22-17/h4-7,11,14-15H,1-3,8-10H2,(H,21,24,25). The van der Waals surface area contributed by atoms with Gasteiger partial charge in [0.2, 0.25) is 18.2 Å². The number of hydrogen-bond donors (Lipinski definition) is 1. The normalized spacial score (nSPS) is 22.7. The number of hydrogen-bond acceptors (Lipinski definition) is 6. The molecule has 140 valence electrons. The van der Waals surface area contributed by atoms with E-state index in [0.717, 1.165) is 24.8 Å². The highest BCUT2D eigenvalue weighted by molar-refractivity contribution is 6.03. The minimum Gasteiger partial charge on any atom is -0.343 e. The zero-order valence-electron chi connectivity index (χ0n) is 14.8. The number of imide groups is 1. The van der Waals surface area contributed by atoms with Gasteiger partial charge in [0.15, 0.2) is 5.82 Å². The van der Waals surface area contributed by atoms with Gasteiger partial charge in [0.1, 0.15) is 0 Å². The van der Waals surface area contributed by atoms with Crippen molar-refractivity contribution in [3.63, 3.8) is 0 Å². The number of aromatic nitrogens is 2. The summed E-state index contributed by atoms with van der Waals surface area (Å²) < 4.78 is 4.84. The summed E-state index contributed by atoms with van der Waals surface area (Å²) in [6.45, 7) is 0.657. The van der Waals surface area contributed by atoms with Crippen LogP contribution in [-0.2, 0) is 16.0 Å². The van der Waals surface area contributed by atoms with E-state index in [9.17, 15) is 14.4 Å². The van der Waals surface area contributed by atoms with E-state index in [1.165, 1.54) is 6.39 Å². The molecule has 1 aromatic heterocycles. The third kappa shape index (κ3) is 3.60. The number of benzene rings is 1. The Labute approximate surface area is 155 Å². The Kier molecular flexibility index (Phi) is 4.70. The van der Waals surface area contributed by atoms with E-state index in [1.807, 2.05) is 12.1 Å². The van der Waals surface area contributed by atoms with Gasteiger partial charge in [-0.3, -0.25) is 19.7 Å². The summed E-state index contributed by atoms with van der Waals surface area (Å²) in [6, 6.07) is 7.06. The van der Waals surface area contributed by atoms with Crippen molar-refractivity contribution in [1.29, 1.82) is 0 Å². The molecule has 2 fully saturated rings. The monoisotopic (exact) mass is 368 g/mol. The predicted molar refractivity (Wildman–Crippen MR) is 93.3 cm³/mol. The van der Waals surface area contributed by atoms with Crippen LogP contribution in [0.3, 0.4) is 0 Å². The fourth-order valence-electron chi connectivity index (χ4n) is 3.77. The molecule has 8 heteroatoms. The van der Waals surface area contributed by atoms with Gasteiger partial charge in [0, 0.05) is 18.5 Å². The molecule has 8 nitrogen and oxygen atoms in total. The zero-order chi connectivity index (χ0) is 18.8. The summed E-state index contributed by atoms with van der Waals surface area (Å²) in [4.78, 5) is 41.9. The maximum Gasteiger partial charge on any atom is 0.254 e. The largest absolute Gasteiger partial charge is 0.343 e. The molecule has 3 heterocycles. The van der Waals surface area contributed by atoms with Crippen LogP contribution in [0.2, 0.25) is 0 Å². The molecule has 2 atom stereocenters. The van der Waals surface area contributed by atoms with Crippen LogP contribution in [0.25, 0.3) is 0 Å². The molecule has 2 unspecified atom stereocenters. The fourth-order valence-corrected chi connectivity index (χ4v) is 3.77. The molecule has 3 amide bonds. The lowest BCUT2D eigenvalue weighted by Crippen LogP contribution is -2.39. The van der Waals surface area contributed by atoms with Gasteiger partial charge in [0.25, 0.3) is 5.91 Å². The molecular formula is C19H20N4O4. The highest BCUT2D eigenvalue weighted by Crippen LogP contribution is 2.30. The van der Waals surface area contributed by atoms with Gasteiger partial charge in [-0.05, 0) is 43.4 Å². The number of likely N-dealkylation sites (tertiary alicyclic amines) is 1. The summed E-state index contributed by atoms with van der Waals surface area (Å²) in [5.41, 5.74) is 1.51. The lowest BCUT2D eigenvalue weighted by atomic mass is 9.96. The van der Waals surface area contributed by atoms with Gasteiger partial charge >= 0.3 is 0 Å². The van der Waals surface area contributed by atoms with Gasteiger partial charge in [-0.2, -0.15) is 4.98 Å². The average molecular weight is 368 g/mol. The van der Waals surface area contributed by atoms with Crippen molar-refractivity contribution < 1.29 is 18.9 Å². The van der Waals surface area contributed by atoms with Crippen LogP contribution in [0.15, 0.2) is 35.2 Å². The first-order chi connectivity index (χ1) is 13.1. The summed E-state index contributed by atoms with van der Waals surface area (Å²) in [5, 5.41) is 6.23. The van der Waals surface area contributed by atoms with Crippen LogP contribution in [0.5, 0.6) is 0 Å². The Balaban J connectivity index is 1.47. The molecule has 0 spiro atoms. The molecule has 1 aromatic carbocycles. The predicted octanol–water partition coefficient (Wildman–Crippen LogP) is 1.64. The number of carbonyl (C=O) groups excluding carboxylic acids is 3. The van der Waals surface area contributed by atoms with Crippen molar-refractivity contribution in [3.05, 3.63) is 47.6 Å². The molecule has 4 rings (SSSR count). The lowest BCUT2D eigenvalue weighted by molar-refractivity contribution is -0.125. The van der Waals surface area contributed by atoms with Crippen molar-refractivity contribution in [3.8, 4) is 0 Å². The molecule has 0 aliphatic carbocycles. The number of carbonyl (C=O) groups is 3. The summed E-state index contributed by atoms with van der Waals surface area (Å²) in [7, 11) is 0. The first kappa shape index (κ1) is 17.4. The second kappa shape index (κ2) is 7.30. The second-order valence-electron chi connectivity index (χ2n) is 7.01. The third-order valence-corrected chi connectivity index (χ3v) is 5.19. The van der Waals surface area contributed by atoms with Crippen LogP contribution in [0, 0.1) is 5.92 Å². The molecular weight excluding hydrogens is 348 g/mol. The number of piperidine rings is 1. The summed E-state index contributed by atoms with van der Waals surface area (Å²) in [6.07, 6.45) is 4.77. The SMILES string of the molecule is O=C1CC(Cc2ccc(C(=O)N3CCCCC3c3ncon3)cc2)C(=O)N1. The Morgan fingerprint density at radius 3 is 2.70 bits per heavy atom. The highest BCUT2D eigenvalue weighted by Gasteiger charge is 2.32. The summed E-state index contributed by atoms with van der Waals surface area (Å²) in [5.74, 6) is -0.309. The summed E-state index contributed by atoms with van der Waals surface area (Å²) >= 11 is 0. The topological polar surface area (TPSA) is 105 Å². The minimum absolute atomic E-state index is 0.0650. The highest BCUT2D eigenvalue weighted by atomic mass is 16.5. The molecule has 1 N–H and O–H groups in total. The third-order valence-electron chi connectivity index (χ3n) is 5.19. The van der Waals surface area contributed by atoms with E-state index in [4.69, 9.17) is 4.52 Å². The Morgan fingerprint density at radius 1 is 1.22 bits per heavy atom. The van der Waals surface area contributed by atoms with E-state index in [2.05, 4.69) is 15.5 Å². The maximum absolute atomic E-state index is 13.0. The van der Waals surface area contributed by atoms with Gasteiger partial charge in [0.05, 0.1) is 12.0 Å². The van der Waals surface area contributed by atoms with Crippen molar-refractivity contribution in [2.45, 2.75) is 38.1 Å². The van der Waals surface area contributed by atoms with Crippen molar-refractivity contribution in [1.82, 2.24) is 20.4 Å². The average Bonchev–Trinajstić information content (AvgIpc) is 3.32. The second-order valence-corrected chi connectivity index (χ2v) is 7.01. The molecule has 2 aliphatic rings. The lowest BCUT2D eigenvalue weighted by Gasteiger charge is -2.33. The van der Waals surface area contributed by atoms with Crippen LogP contribution in [-0.4, -0.2) is 39.3 Å². The van der Waals surface area contributed by atoms with E-state index in [0.29, 0.717) is 24.4 Å². The van der Waals surface area contributed by atoms with Crippen molar-refractivity contribution >= 4 is 17.7 Å². The maximum atomic E-state index is 13.0. The number of amides is 3. The van der Waals surface area contributed by atoms with Gasteiger partial charge in [-0.25, -0.2) is 0 Å². The smallest absolute Gasteiger partial charge is 0.254 e. The van der Waals surface area contributed by atoms with Crippen LogP contribution < -0.4 is 5.32 Å². The molecule has 0 bridgehead atoms. The van der Waals surface area contributed by atoms with Crippen LogP contribution in [0.1, 0.15) is 53.5 Å². The minimum atomic E-state index is -0.330. The molecule has 2 saturated heterocycles. The molecule has 0 radical (unpaired) electrons. The Bertz CT molecular complexity index is 847. The zero-order valence-corrected chi connectivity index (χ0v) is 14.8. The quantitative estimate of drug-likeness (QED) is 0.823. The fraction of sp³-hybridized carbons (Fsp3) is 0.421. The van der Waals surface area contributed by atoms with Crippen LogP contribution in [0.4, 0.5) is 0 Å². The van der Waals surface area contributed by atoms with E-state index >= 15 is 0 Å².